The third kappa shape index (κ3) is 5.95. The molecule has 0 heterocycles. The van der Waals surface area contributed by atoms with Gasteiger partial charge in [-0.1, -0.05) is 37.6 Å². The smallest absolute Gasteiger partial charge is 0.260 e. The third-order valence-electron chi connectivity index (χ3n) is 3.95. The fraction of sp³-hybridized carbons (Fsp3) is 0.381. The minimum Gasteiger partial charge on any atom is -0.492 e. The SMILES string of the molecule is Cc1ccc(C(C)C)c(O[C@H](C)C(=O)NCCOc2ccc(Cl)cc2)c1. The molecule has 0 aromatic heterocycles. The maximum absolute atomic E-state index is 12.3. The van der Waals surface area contributed by atoms with Crippen LogP contribution in [0.4, 0.5) is 0 Å². The first-order valence-corrected chi connectivity index (χ1v) is 9.18. The molecule has 1 atom stereocenters. The summed E-state index contributed by atoms with van der Waals surface area (Å²) in [5.74, 6) is 1.64. The molecule has 0 saturated carbocycles. The zero-order valence-corrected chi connectivity index (χ0v) is 16.5. The number of nitrogens with one attached hydrogen (secondary N) is 1. The number of rotatable bonds is 8. The number of hydrogen-bond acceptors (Lipinski definition) is 3. The normalized spacial score (nSPS) is 11.9. The Morgan fingerprint density at radius 3 is 2.46 bits per heavy atom. The van der Waals surface area contributed by atoms with Crippen molar-refractivity contribution in [2.75, 3.05) is 13.2 Å². The zero-order valence-electron chi connectivity index (χ0n) is 15.7. The number of ether oxygens (including phenoxy) is 2. The Morgan fingerprint density at radius 2 is 1.81 bits per heavy atom. The van der Waals surface area contributed by atoms with Gasteiger partial charge in [-0.25, -0.2) is 0 Å². The molecule has 0 saturated heterocycles. The van der Waals surface area contributed by atoms with E-state index in [9.17, 15) is 4.79 Å². The van der Waals surface area contributed by atoms with Gasteiger partial charge in [0.05, 0.1) is 6.54 Å². The predicted molar refractivity (Wildman–Crippen MR) is 105 cm³/mol. The first kappa shape index (κ1) is 20.1. The number of halogens is 1. The molecule has 0 spiro atoms. The van der Waals surface area contributed by atoms with Crippen molar-refractivity contribution in [1.29, 1.82) is 0 Å². The van der Waals surface area contributed by atoms with Gasteiger partial charge in [-0.15, -0.1) is 0 Å². The van der Waals surface area contributed by atoms with E-state index in [0.29, 0.717) is 29.8 Å². The van der Waals surface area contributed by atoms with Crippen molar-refractivity contribution >= 4 is 17.5 Å². The molecule has 2 aromatic rings. The van der Waals surface area contributed by atoms with Crippen LogP contribution in [0.1, 0.15) is 37.8 Å². The van der Waals surface area contributed by atoms with Crippen LogP contribution in [0.2, 0.25) is 5.02 Å². The fourth-order valence-corrected chi connectivity index (χ4v) is 2.61. The van der Waals surface area contributed by atoms with Crippen molar-refractivity contribution in [2.24, 2.45) is 0 Å². The maximum Gasteiger partial charge on any atom is 0.260 e. The third-order valence-corrected chi connectivity index (χ3v) is 4.20. The molecule has 0 aliphatic carbocycles. The highest BCUT2D eigenvalue weighted by Gasteiger charge is 2.17. The first-order valence-electron chi connectivity index (χ1n) is 8.80. The largest absolute Gasteiger partial charge is 0.492 e. The van der Waals surface area contributed by atoms with Crippen molar-refractivity contribution in [3.05, 3.63) is 58.6 Å². The summed E-state index contributed by atoms with van der Waals surface area (Å²) < 4.78 is 11.5. The molecule has 0 aliphatic heterocycles. The number of carbonyl (C=O) groups is 1. The second-order valence-electron chi connectivity index (χ2n) is 6.55. The molecule has 0 unspecified atom stereocenters. The van der Waals surface area contributed by atoms with Crippen molar-refractivity contribution in [2.45, 2.75) is 39.7 Å². The Bertz CT molecular complexity index is 729. The summed E-state index contributed by atoms with van der Waals surface area (Å²) >= 11 is 5.83. The van der Waals surface area contributed by atoms with Gasteiger partial charge in [-0.05, 0) is 61.2 Å². The molecule has 0 radical (unpaired) electrons. The summed E-state index contributed by atoms with van der Waals surface area (Å²) in [6, 6.07) is 13.2. The van der Waals surface area contributed by atoms with Crippen molar-refractivity contribution < 1.29 is 14.3 Å². The van der Waals surface area contributed by atoms with E-state index in [4.69, 9.17) is 21.1 Å². The van der Waals surface area contributed by atoms with Crippen molar-refractivity contribution in [3.8, 4) is 11.5 Å². The van der Waals surface area contributed by atoms with Gasteiger partial charge in [0.15, 0.2) is 6.10 Å². The molecule has 26 heavy (non-hydrogen) atoms. The van der Waals surface area contributed by atoms with Gasteiger partial charge in [-0.3, -0.25) is 4.79 Å². The number of hydrogen-bond donors (Lipinski definition) is 1. The van der Waals surface area contributed by atoms with Crippen LogP contribution in [0.3, 0.4) is 0 Å². The molecule has 2 aromatic carbocycles. The highest BCUT2D eigenvalue weighted by molar-refractivity contribution is 6.30. The number of amides is 1. The minimum absolute atomic E-state index is 0.166. The Kier molecular flexibility index (Phi) is 7.34. The van der Waals surface area contributed by atoms with E-state index >= 15 is 0 Å². The van der Waals surface area contributed by atoms with Crippen molar-refractivity contribution in [3.63, 3.8) is 0 Å². The van der Waals surface area contributed by atoms with Crippen LogP contribution < -0.4 is 14.8 Å². The summed E-state index contributed by atoms with van der Waals surface area (Å²) in [6.45, 7) is 8.76. The Labute approximate surface area is 160 Å². The molecule has 5 heteroatoms. The Morgan fingerprint density at radius 1 is 1.12 bits per heavy atom. The molecule has 140 valence electrons. The standard InChI is InChI=1S/C21H26ClNO3/c1-14(2)19-10-5-15(3)13-20(19)26-16(4)21(24)23-11-12-25-18-8-6-17(22)7-9-18/h5-10,13-14,16H,11-12H2,1-4H3,(H,23,24)/t16-/m1/s1. The highest BCUT2D eigenvalue weighted by Crippen LogP contribution is 2.28. The predicted octanol–water partition coefficient (Wildman–Crippen LogP) is 4.73. The molecule has 1 amide bonds. The topological polar surface area (TPSA) is 47.6 Å². The lowest BCUT2D eigenvalue weighted by Gasteiger charge is -2.19. The van der Waals surface area contributed by atoms with Gasteiger partial charge in [0.2, 0.25) is 0 Å². The van der Waals surface area contributed by atoms with Crippen LogP contribution in [0.5, 0.6) is 11.5 Å². The summed E-state index contributed by atoms with van der Waals surface area (Å²) in [4.78, 5) is 12.3. The van der Waals surface area contributed by atoms with Crippen LogP contribution in [-0.4, -0.2) is 25.2 Å². The summed E-state index contributed by atoms with van der Waals surface area (Å²) in [5.41, 5.74) is 2.20. The van der Waals surface area contributed by atoms with E-state index in [-0.39, 0.29) is 5.91 Å². The van der Waals surface area contributed by atoms with E-state index in [1.54, 1.807) is 31.2 Å². The quantitative estimate of drug-likeness (QED) is 0.678. The maximum atomic E-state index is 12.3. The van der Waals surface area contributed by atoms with Crippen LogP contribution in [-0.2, 0) is 4.79 Å². The number of carbonyl (C=O) groups excluding carboxylic acids is 1. The zero-order chi connectivity index (χ0) is 19.1. The summed E-state index contributed by atoms with van der Waals surface area (Å²) in [5, 5.41) is 3.49. The molecule has 1 N–H and O–H groups in total. The average Bonchev–Trinajstić information content (AvgIpc) is 2.59. The molecule has 0 bridgehead atoms. The van der Waals surface area contributed by atoms with Gasteiger partial charge >= 0.3 is 0 Å². The van der Waals surface area contributed by atoms with Crippen molar-refractivity contribution in [1.82, 2.24) is 5.32 Å². The fourth-order valence-electron chi connectivity index (χ4n) is 2.48. The number of benzene rings is 2. The molecular weight excluding hydrogens is 350 g/mol. The lowest BCUT2D eigenvalue weighted by molar-refractivity contribution is -0.127. The molecule has 4 nitrogen and oxygen atoms in total. The van der Waals surface area contributed by atoms with Gasteiger partial charge in [0.1, 0.15) is 18.1 Å². The average molecular weight is 376 g/mol. The first-order chi connectivity index (χ1) is 12.4. The van der Waals surface area contributed by atoms with Gasteiger partial charge in [-0.2, -0.15) is 0 Å². The minimum atomic E-state index is -0.579. The summed E-state index contributed by atoms with van der Waals surface area (Å²) in [7, 11) is 0. The van der Waals surface area contributed by atoms with Gasteiger partial charge in [0.25, 0.3) is 5.91 Å². The van der Waals surface area contributed by atoms with E-state index in [1.165, 1.54) is 0 Å². The van der Waals surface area contributed by atoms with Crippen LogP contribution in [0.25, 0.3) is 0 Å². The van der Waals surface area contributed by atoms with E-state index in [0.717, 1.165) is 16.9 Å². The second-order valence-corrected chi connectivity index (χ2v) is 6.99. The monoisotopic (exact) mass is 375 g/mol. The highest BCUT2D eigenvalue weighted by atomic mass is 35.5. The van der Waals surface area contributed by atoms with Crippen LogP contribution in [0, 0.1) is 6.92 Å². The molecule has 2 rings (SSSR count). The molecular formula is C21H26ClNO3. The van der Waals surface area contributed by atoms with Crippen LogP contribution >= 0.6 is 11.6 Å². The van der Waals surface area contributed by atoms with E-state index < -0.39 is 6.10 Å². The molecule has 0 fully saturated rings. The van der Waals surface area contributed by atoms with Gasteiger partial charge < -0.3 is 14.8 Å². The molecule has 0 aliphatic rings. The lowest BCUT2D eigenvalue weighted by atomic mass is 10.0. The Balaban J connectivity index is 1.82. The van der Waals surface area contributed by atoms with Crippen LogP contribution in [0.15, 0.2) is 42.5 Å². The lowest BCUT2D eigenvalue weighted by Crippen LogP contribution is -2.38. The number of aryl methyl sites for hydroxylation is 1. The van der Waals surface area contributed by atoms with E-state index in [2.05, 4.69) is 31.3 Å². The summed E-state index contributed by atoms with van der Waals surface area (Å²) in [6.07, 6.45) is -0.579. The second kappa shape index (κ2) is 9.48. The van der Waals surface area contributed by atoms with E-state index in [1.807, 2.05) is 13.0 Å². The van der Waals surface area contributed by atoms with Gasteiger partial charge in [0, 0.05) is 5.02 Å². The Hall–Kier alpha value is -2.20.